The third-order valence-electron chi connectivity index (χ3n) is 5.82. The van der Waals surface area contributed by atoms with Crippen molar-refractivity contribution in [3.05, 3.63) is 29.3 Å². The fourth-order valence-corrected chi connectivity index (χ4v) is 4.15. The molecule has 1 aliphatic heterocycles. The van der Waals surface area contributed by atoms with Gasteiger partial charge in [-0.25, -0.2) is 0 Å². The fourth-order valence-electron chi connectivity index (χ4n) is 4.15. The summed E-state index contributed by atoms with van der Waals surface area (Å²) >= 11 is 0. The van der Waals surface area contributed by atoms with Crippen molar-refractivity contribution in [3.63, 3.8) is 0 Å². The quantitative estimate of drug-likeness (QED) is 0.866. The van der Waals surface area contributed by atoms with E-state index in [2.05, 4.69) is 0 Å². The molecular formula is C20H28N2O4. The van der Waals surface area contributed by atoms with E-state index in [9.17, 15) is 14.7 Å². The molecule has 0 bridgehead atoms. The van der Waals surface area contributed by atoms with Gasteiger partial charge in [0, 0.05) is 23.1 Å². The Hall–Kier alpha value is -2.08. The zero-order valence-corrected chi connectivity index (χ0v) is 15.5. The average Bonchev–Trinajstić information content (AvgIpc) is 2.78. The molecule has 6 nitrogen and oxygen atoms in total. The molecule has 2 amide bonds. The van der Waals surface area contributed by atoms with Crippen molar-refractivity contribution in [1.29, 1.82) is 0 Å². The maximum absolute atomic E-state index is 13.3. The molecule has 1 atom stereocenters. The molecule has 3 N–H and O–H groups in total. The molecule has 0 radical (unpaired) electrons. The van der Waals surface area contributed by atoms with E-state index in [0.29, 0.717) is 23.8 Å². The molecule has 2 aliphatic rings. The zero-order chi connectivity index (χ0) is 18.9. The van der Waals surface area contributed by atoms with Crippen molar-refractivity contribution >= 4 is 11.8 Å². The number of fused-ring (bicyclic) bond motifs is 1. The molecule has 1 heterocycles. The minimum absolute atomic E-state index is 0.0406. The summed E-state index contributed by atoms with van der Waals surface area (Å²) < 4.78 is 5.54. The lowest BCUT2D eigenvalue weighted by atomic mass is 9.70. The molecular weight excluding hydrogens is 332 g/mol. The predicted molar refractivity (Wildman–Crippen MR) is 97.4 cm³/mol. The fraction of sp³-hybridized carbons (Fsp3) is 0.600. The van der Waals surface area contributed by atoms with Crippen molar-refractivity contribution in [2.75, 3.05) is 6.54 Å². The van der Waals surface area contributed by atoms with Gasteiger partial charge in [0.05, 0.1) is 6.54 Å². The molecule has 0 aromatic heterocycles. The van der Waals surface area contributed by atoms with Gasteiger partial charge in [0.15, 0.2) is 0 Å². The highest BCUT2D eigenvalue weighted by molar-refractivity contribution is 5.93. The minimum Gasteiger partial charge on any atom is -0.463 e. The number of benzene rings is 1. The van der Waals surface area contributed by atoms with Crippen molar-refractivity contribution in [3.8, 4) is 5.75 Å². The topological polar surface area (TPSA) is 92.9 Å². The van der Waals surface area contributed by atoms with Crippen LogP contribution in [0.4, 0.5) is 0 Å². The standard InChI is InChI=1S/C20H28N2O4/c1-20(2,15-6-4-3-5-7-15)19(25)22-11-14-9-8-13(18(21)24)10-16(14)26-17(23)12-22/h8-10,15,17,23H,3-7,11-12H2,1-2H3,(H2,21,24). The number of rotatable bonds is 3. The van der Waals surface area contributed by atoms with Gasteiger partial charge in [-0.15, -0.1) is 0 Å². The Labute approximate surface area is 154 Å². The summed E-state index contributed by atoms with van der Waals surface area (Å²) in [5, 5.41) is 10.2. The number of nitrogens with two attached hydrogens (primary N) is 1. The smallest absolute Gasteiger partial charge is 0.248 e. The third kappa shape index (κ3) is 3.70. The number of nitrogens with zero attached hydrogens (tertiary/aromatic N) is 1. The van der Waals surface area contributed by atoms with Gasteiger partial charge >= 0.3 is 0 Å². The molecule has 0 spiro atoms. The second kappa shape index (κ2) is 7.27. The number of primary amides is 1. The van der Waals surface area contributed by atoms with E-state index in [0.717, 1.165) is 18.4 Å². The van der Waals surface area contributed by atoms with Crippen LogP contribution in [-0.2, 0) is 11.3 Å². The Morgan fingerprint density at radius 3 is 2.58 bits per heavy atom. The Morgan fingerprint density at radius 1 is 1.23 bits per heavy atom. The van der Waals surface area contributed by atoms with Crippen LogP contribution in [0.2, 0.25) is 0 Å². The van der Waals surface area contributed by atoms with Crippen molar-refractivity contribution in [2.45, 2.75) is 58.8 Å². The van der Waals surface area contributed by atoms with Gasteiger partial charge in [-0.1, -0.05) is 39.2 Å². The van der Waals surface area contributed by atoms with Crippen LogP contribution in [0, 0.1) is 11.3 Å². The second-order valence-electron chi connectivity index (χ2n) is 8.00. The Kier molecular flexibility index (Phi) is 5.23. The Morgan fingerprint density at radius 2 is 1.92 bits per heavy atom. The highest BCUT2D eigenvalue weighted by atomic mass is 16.6. The van der Waals surface area contributed by atoms with Crippen molar-refractivity contribution in [2.24, 2.45) is 17.1 Å². The van der Waals surface area contributed by atoms with E-state index < -0.39 is 17.6 Å². The second-order valence-corrected chi connectivity index (χ2v) is 8.00. The molecule has 1 fully saturated rings. The molecule has 1 saturated carbocycles. The minimum atomic E-state index is -1.13. The van der Waals surface area contributed by atoms with Crippen LogP contribution in [0.5, 0.6) is 5.75 Å². The maximum atomic E-state index is 13.3. The largest absolute Gasteiger partial charge is 0.463 e. The number of hydrogen-bond acceptors (Lipinski definition) is 4. The van der Waals surface area contributed by atoms with Crippen LogP contribution in [0.25, 0.3) is 0 Å². The summed E-state index contributed by atoms with van der Waals surface area (Å²) in [7, 11) is 0. The van der Waals surface area contributed by atoms with E-state index in [4.69, 9.17) is 10.5 Å². The third-order valence-corrected chi connectivity index (χ3v) is 5.82. The Bertz CT molecular complexity index is 695. The van der Waals surface area contributed by atoms with E-state index in [-0.39, 0.29) is 12.5 Å². The lowest BCUT2D eigenvalue weighted by molar-refractivity contribution is -0.148. The molecule has 1 unspecified atom stereocenters. The lowest BCUT2D eigenvalue weighted by Crippen LogP contribution is -2.47. The summed E-state index contributed by atoms with van der Waals surface area (Å²) in [4.78, 5) is 26.3. The first-order valence-corrected chi connectivity index (χ1v) is 9.36. The van der Waals surface area contributed by atoms with Crippen molar-refractivity contribution in [1.82, 2.24) is 4.90 Å². The van der Waals surface area contributed by atoms with Crippen LogP contribution in [0.3, 0.4) is 0 Å². The molecule has 6 heteroatoms. The van der Waals surface area contributed by atoms with Crippen LogP contribution in [0.15, 0.2) is 18.2 Å². The first-order valence-electron chi connectivity index (χ1n) is 9.36. The van der Waals surface area contributed by atoms with Gasteiger partial charge in [0.25, 0.3) is 0 Å². The van der Waals surface area contributed by atoms with E-state index in [1.54, 1.807) is 17.0 Å². The summed E-state index contributed by atoms with van der Waals surface area (Å²) in [5.74, 6) is 0.252. The number of carbonyl (C=O) groups excluding carboxylic acids is 2. The van der Waals surface area contributed by atoms with Gasteiger partial charge in [-0.3, -0.25) is 9.59 Å². The number of β-amino-alcohol motifs (C(OH)–C–C–N with tert-alkyl or cyclic N) is 1. The SMILES string of the molecule is CC(C)(C(=O)N1Cc2ccc(C(N)=O)cc2OC(O)C1)C1CCCCC1. The number of amides is 2. The van der Waals surface area contributed by atoms with Crippen molar-refractivity contribution < 1.29 is 19.4 Å². The van der Waals surface area contributed by atoms with Crippen LogP contribution < -0.4 is 10.5 Å². The maximum Gasteiger partial charge on any atom is 0.248 e. The summed E-state index contributed by atoms with van der Waals surface area (Å²) in [5.41, 5.74) is 5.92. The predicted octanol–water partition coefficient (Wildman–Crippen LogP) is 2.43. The number of carbonyl (C=O) groups is 2. The van der Waals surface area contributed by atoms with Gasteiger partial charge in [0.1, 0.15) is 5.75 Å². The van der Waals surface area contributed by atoms with E-state index in [1.807, 2.05) is 13.8 Å². The summed E-state index contributed by atoms with van der Waals surface area (Å²) in [6.07, 6.45) is 4.60. The normalized spacial score (nSPS) is 21.5. The lowest BCUT2D eigenvalue weighted by Gasteiger charge is -2.39. The van der Waals surface area contributed by atoms with Gasteiger partial charge in [0.2, 0.25) is 18.1 Å². The van der Waals surface area contributed by atoms with Crippen LogP contribution in [-0.4, -0.2) is 34.7 Å². The zero-order valence-electron chi connectivity index (χ0n) is 15.5. The highest BCUT2D eigenvalue weighted by Gasteiger charge is 2.41. The van der Waals surface area contributed by atoms with E-state index in [1.165, 1.54) is 25.3 Å². The first-order chi connectivity index (χ1) is 12.3. The van der Waals surface area contributed by atoms with Crippen LogP contribution >= 0.6 is 0 Å². The molecule has 1 aromatic rings. The molecule has 26 heavy (non-hydrogen) atoms. The van der Waals surface area contributed by atoms with Gasteiger partial charge < -0.3 is 20.5 Å². The molecule has 3 rings (SSSR count). The molecule has 0 saturated heterocycles. The molecule has 1 aliphatic carbocycles. The number of hydrogen-bond donors (Lipinski definition) is 2. The van der Waals surface area contributed by atoms with Gasteiger partial charge in [-0.2, -0.15) is 0 Å². The molecule has 1 aromatic carbocycles. The highest BCUT2D eigenvalue weighted by Crippen LogP contribution is 2.40. The van der Waals surface area contributed by atoms with Gasteiger partial charge in [-0.05, 0) is 30.9 Å². The Balaban J connectivity index is 1.83. The molecule has 142 valence electrons. The first kappa shape index (κ1) is 18.7. The number of aliphatic hydroxyl groups is 1. The summed E-state index contributed by atoms with van der Waals surface area (Å²) in [6, 6.07) is 4.89. The number of aliphatic hydroxyl groups excluding tert-OH is 1. The van der Waals surface area contributed by atoms with E-state index >= 15 is 0 Å². The number of ether oxygens (including phenoxy) is 1. The average molecular weight is 360 g/mol. The monoisotopic (exact) mass is 360 g/mol. The summed E-state index contributed by atoms with van der Waals surface area (Å²) in [6.45, 7) is 4.48. The van der Waals surface area contributed by atoms with Crippen LogP contribution in [0.1, 0.15) is 61.9 Å².